The standard InChI is InChI=1S/C25H27N3O5S/c1-16-19(17(2)33-27-16)15-32-21-12-10-18(14-22(21)31-5)11-13-24(29)26-20-8-6-7-9-23(20)34-25(30)28(3)4/h6-14H,15H2,1-5H3,(H,26,29)/b13-11+. The molecule has 2 aromatic carbocycles. The van der Waals surface area contributed by atoms with E-state index in [4.69, 9.17) is 14.0 Å². The van der Waals surface area contributed by atoms with E-state index in [0.717, 1.165) is 28.6 Å². The third-order valence-electron chi connectivity index (χ3n) is 4.88. The molecule has 0 atom stereocenters. The Kier molecular flexibility index (Phi) is 8.37. The van der Waals surface area contributed by atoms with Crippen LogP contribution < -0.4 is 14.8 Å². The van der Waals surface area contributed by atoms with Crippen molar-refractivity contribution in [1.82, 2.24) is 10.1 Å². The quantitative estimate of drug-likeness (QED) is 0.344. The number of hydrogen-bond acceptors (Lipinski definition) is 7. The van der Waals surface area contributed by atoms with E-state index in [1.807, 2.05) is 26.0 Å². The number of anilines is 1. The molecular weight excluding hydrogens is 454 g/mol. The van der Waals surface area contributed by atoms with E-state index in [2.05, 4.69) is 10.5 Å². The number of ether oxygens (including phenoxy) is 2. The summed E-state index contributed by atoms with van der Waals surface area (Å²) in [5, 5.41) is 6.63. The van der Waals surface area contributed by atoms with Crippen molar-refractivity contribution >= 4 is 34.7 Å². The second-order valence-electron chi connectivity index (χ2n) is 7.58. The van der Waals surface area contributed by atoms with Gasteiger partial charge >= 0.3 is 0 Å². The molecule has 34 heavy (non-hydrogen) atoms. The van der Waals surface area contributed by atoms with Gasteiger partial charge in [-0.05, 0) is 61.5 Å². The summed E-state index contributed by atoms with van der Waals surface area (Å²) >= 11 is 1.05. The highest BCUT2D eigenvalue weighted by Gasteiger charge is 2.13. The van der Waals surface area contributed by atoms with Crippen LogP contribution in [0.3, 0.4) is 0 Å². The lowest BCUT2D eigenvalue weighted by atomic mass is 10.1. The fourth-order valence-corrected chi connectivity index (χ4v) is 3.70. The SMILES string of the molecule is COc1cc(/C=C/C(=O)Nc2ccccc2SC(=O)N(C)C)ccc1OCc1c(C)noc1C. The summed E-state index contributed by atoms with van der Waals surface area (Å²) in [6, 6.07) is 12.6. The van der Waals surface area contributed by atoms with E-state index in [1.54, 1.807) is 57.6 Å². The average molecular weight is 482 g/mol. The minimum atomic E-state index is -0.317. The van der Waals surface area contributed by atoms with Crippen LogP contribution in [-0.4, -0.2) is 42.4 Å². The van der Waals surface area contributed by atoms with Gasteiger partial charge in [0, 0.05) is 25.1 Å². The van der Waals surface area contributed by atoms with Crippen LogP contribution in [0, 0.1) is 13.8 Å². The number of nitrogens with one attached hydrogen (secondary N) is 1. The van der Waals surface area contributed by atoms with Gasteiger partial charge in [-0.25, -0.2) is 0 Å². The Balaban J connectivity index is 1.66. The third-order valence-corrected chi connectivity index (χ3v) is 5.99. The molecule has 1 heterocycles. The number of benzene rings is 2. The number of carbonyl (C=O) groups excluding carboxylic acids is 2. The van der Waals surface area contributed by atoms with E-state index in [9.17, 15) is 9.59 Å². The Labute approximate surface area is 202 Å². The van der Waals surface area contributed by atoms with Crippen LogP contribution in [-0.2, 0) is 11.4 Å². The number of para-hydroxylation sites is 1. The first-order valence-corrected chi connectivity index (χ1v) is 11.3. The van der Waals surface area contributed by atoms with Crippen LogP contribution in [0.25, 0.3) is 6.08 Å². The number of aryl methyl sites for hydroxylation is 2. The van der Waals surface area contributed by atoms with Crippen molar-refractivity contribution in [2.75, 3.05) is 26.5 Å². The van der Waals surface area contributed by atoms with Gasteiger partial charge in [0.25, 0.3) is 5.24 Å². The van der Waals surface area contributed by atoms with Crippen LogP contribution in [0.1, 0.15) is 22.6 Å². The summed E-state index contributed by atoms with van der Waals surface area (Å²) in [6.07, 6.45) is 3.10. The summed E-state index contributed by atoms with van der Waals surface area (Å²) in [5.41, 5.74) is 3.02. The maximum atomic E-state index is 12.5. The summed E-state index contributed by atoms with van der Waals surface area (Å²) in [6.45, 7) is 4.01. The molecule has 0 bridgehead atoms. The molecule has 8 nitrogen and oxygen atoms in total. The Morgan fingerprint density at radius 3 is 2.59 bits per heavy atom. The highest BCUT2D eigenvalue weighted by Crippen LogP contribution is 2.31. The van der Waals surface area contributed by atoms with Crippen molar-refractivity contribution < 1.29 is 23.6 Å². The molecule has 0 spiro atoms. The molecule has 1 N–H and O–H groups in total. The smallest absolute Gasteiger partial charge is 0.286 e. The molecule has 3 rings (SSSR count). The number of nitrogens with zero attached hydrogens (tertiary/aromatic N) is 2. The zero-order valence-corrected chi connectivity index (χ0v) is 20.6. The van der Waals surface area contributed by atoms with E-state index >= 15 is 0 Å². The molecule has 1 aromatic heterocycles. The molecule has 0 aliphatic heterocycles. The summed E-state index contributed by atoms with van der Waals surface area (Å²) in [5.74, 6) is 1.51. The number of thioether (sulfide) groups is 1. The maximum absolute atomic E-state index is 12.5. The molecule has 2 amide bonds. The lowest BCUT2D eigenvalue weighted by Crippen LogP contribution is -2.16. The van der Waals surface area contributed by atoms with Gasteiger partial charge in [0.2, 0.25) is 5.91 Å². The predicted octanol–water partition coefficient (Wildman–Crippen LogP) is 5.30. The van der Waals surface area contributed by atoms with Crippen LogP contribution in [0.5, 0.6) is 11.5 Å². The first kappa shape index (κ1) is 24.9. The zero-order chi connectivity index (χ0) is 24.7. The molecule has 0 fully saturated rings. The van der Waals surface area contributed by atoms with E-state index in [0.29, 0.717) is 34.4 Å². The lowest BCUT2D eigenvalue weighted by Gasteiger charge is -2.12. The van der Waals surface area contributed by atoms with Crippen molar-refractivity contribution in [1.29, 1.82) is 0 Å². The number of methoxy groups -OCH3 is 1. The normalized spacial score (nSPS) is 10.9. The molecule has 9 heteroatoms. The van der Waals surface area contributed by atoms with Gasteiger partial charge < -0.3 is 24.2 Å². The lowest BCUT2D eigenvalue weighted by molar-refractivity contribution is -0.111. The number of hydrogen-bond donors (Lipinski definition) is 1. The van der Waals surface area contributed by atoms with Crippen LogP contribution in [0.15, 0.2) is 58.0 Å². The minimum absolute atomic E-state index is 0.124. The van der Waals surface area contributed by atoms with Gasteiger partial charge in [0.1, 0.15) is 12.4 Å². The molecular formula is C25H27N3O5S. The second kappa shape index (κ2) is 11.4. The molecule has 178 valence electrons. The maximum Gasteiger partial charge on any atom is 0.286 e. The molecule has 0 saturated heterocycles. The van der Waals surface area contributed by atoms with Crippen LogP contribution >= 0.6 is 11.8 Å². The van der Waals surface area contributed by atoms with Gasteiger partial charge in [0.05, 0.1) is 24.1 Å². The predicted molar refractivity (Wildman–Crippen MR) is 132 cm³/mol. The van der Waals surface area contributed by atoms with Crippen molar-refractivity contribution in [3.8, 4) is 11.5 Å². The highest BCUT2D eigenvalue weighted by atomic mass is 32.2. The van der Waals surface area contributed by atoms with Crippen molar-refractivity contribution in [3.63, 3.8) is 0 Å². The van der Waals surface area contributed by atoms with Crippen LogP contribution in [0.2, 0.25) is 0 Å². The first-order chi connectivity index (χ1) is 16.3. The number of amides is 2. The molecule has 0 unspecified atom stereocenters. The van der Waals surface area contributed by atoms with Gasteiger partial charge in [-0.3, -0.25) is 9.59 Å². The summed E-state index contributed by atoms with van der Waals surface area (Å²) in [7, 11) is 4.92. The summed E-state index contributed by atoms with van der Waals surface area (Å²) < 4.78 is 16.5. The minimum Gasteiger partial charge on any atom is -0.493 e. The second-order valence-corrected chi connectivity index (χ2v) is 8.58. The molecule has 0 saturated carbocycles. The van der Waals surface area contributed by atoms with Gasteiger partial charge in [-0.1, -0.05) is 23.4 Å². The topological polar surface area (TPSA) is 93.9 Å². The third kappa shape index (κ3) is 6.41. The van der Waals surface area contributed by atoms with Crippen molar-refractivity contribution in [2.24, 2.45) is 0 Å². The van der Waals surface area contributed by atoms with Crippen molar-refractivity contribution in [2.45, 2.75) is 25.3 Å². The van der Waals surface area contributed by atoms with E-state index in [-0.39, 0.29) is 11.1 Å². The van der Waals surface area contributed by atoms with E-state index in [1.165, 1.54) is 11.0 Å². The first-order valence-electron chi connectivity index (χ1n) is 10.5. The average Bonchev–Trinajstić information content (AvgIpc) is 3.14. The molecule has 0 aliphatic rings. The Hall–Kier alpha value is -3.72. The van der Waals surface area contributed by atoms with Gasteiger partial charge in [-0.2, -0.15) is 0 Å². The number of carbonyl (C=O) groups is 2. The Bertz CT molecular complexity index is 1180. The highest BCUT2D eigenvalue weighted by molar-refractivity contribution is 8.13. The van der Waals surface area contributed by atoms with E-state index < -0.39 is 0 Å². The van der Waals surface area contributed by atoms with Crippen LogP contribution in [0.4, 0.5) is 10.5 Å². The molecule has 0 radical (unpaired) electrons. The largest absolute Gasteiger partial charge is 0.493 e. The monoisotopic (exact) mass is 481 g/mol. The number of rotatable bonds is 8. The Morgan fingerprint density at radius 2 is 1.91 bits per heavy atom. The molecule has 0 aliphatic carbocycles. The van der Waals surface area contributed by atoms with Gasteiger partial charge in [0.15, 0.2) is 11.5 Å². The fourth-order valence-electron chi connectivity index (χ4n) is 2.96. The Morgan fingerprint density at radius 1 is 1.15 bits per heavy atom. The van der Waals surface area contributed by atoms with Gasteiger partial charge in [-0.15, -0.1) is 0 Å². The fraction of sp³-hybridized carbons (Fsp3) is 0.240. The van der Waals surface area contributed by atoms with Crippen molar-refractivity contribution in [3.05, 3.63) is 71.1 Å². The molecule has 3 aromatic rings. The number of aromatic nitrogens is 1. The zero-order valence-electron chi connectivity index (χ0n) is 19.7. The summed E-state index contributed by atoms with van der Waals surface area (Å²) in [4.78, 5) is 26.7.